The van der Waals surface area contributed by atoms with Gasteiger partial charge in [0.1, 0.15) is 11.6 Å². The average Bonchev–Trinajstić information content (AvgIpc) is 2.40. The van der Waals surface area contributed by atoms with E-state index in [0.29, 0.717) is 17.1 Å². The van der Waals surface area contributed by atoms with E-state index in [-0.39, 0.29) is 5.91 Å². The van der Waals surface area contributed by atoms with Crippen molar-refractivity contribution in [1.29, 1.82) is 0 Å². The Kier molecular flexibility index (Phi) is 3.80. The molecule has 4 heteroatoms. The van der Waals surface area contributed by atoms with Crippen molar-refractivity contribution in [2.24, 2.45) is 0 Å². The Bertz CT molecular complexity index is 592. The number of pyridine rings is 1. The number of ether oxygens (including phenoxy) is 1. The normalized spacial score (nSPS) is 10.1. The Morgan fingerprint density at radius 2 is 1.95 bits per heavy atom. The number of nitrogens with zero attached hydrogens (tertiary/aromatic N) is 1. The highest BCUT2D eigenvalue weighted by atomic mass is 16.5. The van der Waals surface area contributed by atoms with Crippen molar-refractivity contribution in [2.45, 2.75) is 13.8 Å². The van der Waals surface area contributed by atoms with Gasteiger partial charge in [0, 0.05) is 11.8 Å². The maximum absolute atomic E-state index is 12.1. The summed E-state index contributed by atoms with van der Waals surface area (Å²) in [5.41, 5.74) is 2.58. The van der Waals surface area contributed by atoms with Crippen molar-refractivity contribution < 1.29 is 9.53 Å². The Hall–Kier alpha value is -2.36. The molecule has 1 aromatic carbocycles. The average molecular weight is 256 g/mol. The van der Waals surface area contributed by atoms with Crippen LogP contribution in [0.2, 0.25) is 0 Å². The zero-order valence-corrected chi connectivity index (χ0v) is 11.2. The fraction of sp³-hybridized carbons (Fsp3) is 0.200. The first-order valence-electron chi connectivity index (χ1n) is 5.98. The zero-order valence-electron chi connectivity index (χ0n) is 11.2. The number of rotatable bonds is 3. The molecule has 0 radical (unpaired) electrons. The minimum absolute atomic E-state index is 0.196. The van der Waals surface area contributed by atoms with Gasteiger partial charge in [0.25, 0.3) is 5.91 Å². The van der Waals surface area contributed by atoms with Gasteiger partial charge in [0.15, 0.2) is 0 Å². The lowest BCUT2D eigenvalue weighted by Crippen LogP contribution is -2.13. The van der Waals surface area contributed by atoms with Crippen molar-refractivity contribution in [2.75, 3.05) is 12.4 Å². The number of aromatic nitrogens is 1. The van der Waals surface area contributed by atoms with Crippen LogP contribution in [-0.4, -0.2) is 18.0 Å². The van der Waals surface area contributed by atoms with Gasteiger partial charge in [-0.15, -0.1) is 0 Å². The first kappa shape index (κ1) is 13.1. The minimum atomic E-state index is -0.196. The van der Waals surface area contributed by atoms with Gasteiger partial charge in [0.05, 0.1) is 7.11 Å². The molecular weight excluding hydrogens is 240 g/mol. The van der Waals surface area contributed by atoms with Crippen LogP contribution in [0.4, 0.5) is 5.82 Å². The molecule has 98 valence electrons. The topological polar surface area (TPSA) is 51.2 Å². The van der Waals surface area contributed by atoms with E-state index in [0.717, 1.165) is 11.1 Å². The van der Waals surface area contributed by atoms with Crippen LogP contribution < -0.4 is 10.1 Å². The second kappa shape index (κ2) is 5.52. The molecule has 0 fully saturated rings. The van der Waals surface area contributed by atoms with Crippen LogP contribution in [-0.2, 0) is 0 Å². The van der Waals surface area contributed by atoms with Crippen molar-refractivity contribution in [3.8, 4) is 5.75 Å². The number of amides is 1. The summed E-state index contributed by atoms with van der Waals surface area (Å²) in [6.45, 7) is 3.87. The van der Waals surface area contributed by atoms with Crippen LogP contribution in [0.1, 0.15) is 21.5 Å². The summed E-state index contributed by atoms with van der Waals surface area (Å²) in [5, 5.41) is 2.76. The lowest BCUT2D eigenvalue weighted by Gasteiger charge is -2.07. The molecule has 1 amide bonds. The Labute approximate surface area is 112 Å². The fourth-order valence-electron chi connectivity index (χ4n) is 1.73. The lowest BCUT2D eigenvalue weighted by molar-refractivity contribution is 0.102. The number of hydrogen-bond donors (Lipinski definition) is 1. The van der Waals surface area contributed by atoms with E-state index in [9.17, 15) is 4.79 Å². The molecule has 0 unspecified atom stereocenters. The van der Waals surface area contributed by atoms with E-state index in [1.165, 1.54) is 0 Å². The standard InChI is InChI=1S/C15H16N2O2/c1-10-4-5-14(16-9-10)17-15(18)12-6-11(2)7-13(8-12)19-3/h4-9H,1-3H3,(H,16,17,18). The summed E-state index contributed by atoms with van der Waals surface area (Å²) in [4.78, 5) is 16.3. The van der Waals surface area contributed by atoms with Gasteiger partial charge in [-0.1, -0.05) is 6.07 Å². The number of carbonyl (C=O) groups excluding carboxylic acids is 1. The van der Waals surface area contributed by atoms with Gasteiger partial charge in [-0.3, -0.25) is 4.79 Å². The molecule has 2 aromatic rings. The number of nitrogens with one attached hydrogen (secondary N) is 1. The lowest BCUT2D eigenvalue weighted by atomic mass is 10.1. The second-order valence-corrected chi connectivity index (χ2v) is 4.41. The highest BCUT2D eigenvalue weighted by molar-refractivity contribution is 6.04. The van der Waals surface area contributed by atoms with Crippen LogP contribution in [0.25, 0.3) is 0 Å². The van der Waals surface area contributed by atoms with E-state index in [4.69, 9.17) is 4.74 Å². The molecule has 2 rings (SSSR count). The van der Waals surface area contributed by atoms with Crippen LogP contribution in [0, 0.1) is 13.8 Å². The number of hydrogen-bond acceptors (Lipinski definition) is 3. The van der Waals surface area contributed by atoms with Crippen molar-refractivity contribution in [1.82, 2.24) is 4.98 Å². The SMILES string of the molecule is COc1cc(C)cc(C(=O)Nc2ccc(C)cn2)c1. The van der Waals surface area contributed by atoms with Crippen LogP contribution in [0.5, 0.6) is 5.75 Å². The predicted octanol–water partition coefficient (Wildman–Crippen LogP) is 2.96. The third kappa shape index (κ3) is 3.31. The molecule has 0 saturated heterocycles. The summed E-state index contributed by atoms with van der Waals surface area (Å²) in [6.07, 6.45) is 1.71. The van der Waals surface area contributed by atoms with Crippen LogP contribution >= 0.6 is 0 Å². The third-order valence-electron chi connectivity index (χ3n) is 2.70. The molecule has 0 spiro atoms. The summed E-state index contributed by atoms with van der Waals surface area (Å²) < 4.78 is 5.16. The maximum atomic E-state index is 12.1. The smallest absolute Gasteiger partial charge is 0.256 e. The van der Waals surface area contributed by atoms with Gasteiger partial charge < -0.3 is 10.1 Å². The molecule has 0 aliphatic heterocycles. The molecule has 4 nitrogen and oxygen atoms in total. The minimum Gasteiger partial charge on any atom is -0.497 e. The molecular formula is C15H16N2O2. The van der Waals surface area contributed by atoms with Gasteiger partial charge in [-0.2, -0.15) is 0 Å². The van der Waals surface area contributed by atoms with Crippen molar-refractivity contribution in [3.63, 3.8) is 0 Å². The highest BCUT2D eigenvalue weighted by Crippen LogP contribution is 2.17. The molecule has 19 heavy (non-hydrogen) atoms. The van der Waals surface area contributed by atoms with Gasteiger partial charge in [0.2, 0.25) is 0 Å². The van der Waals surface area contributed by atoms with Crippen LogP contribution in [0.15, 0.2) is 36.5 Å². The molecule has 0 aliphatic carbocycles. The second-order valence-electron chi connectivity index (χ2n) is 4.41. The van der Waals surface area contributed by atoms with Crippen molar-refractivity contribution >= 4 is 11.7 Å². The molecule has 0 saturated carbocycles. The van der Waals surface area contributed by atoms with Crippen molar-refractivity contribution in [3.05, 3.63) is 53.2 Å². The molecule has 0 aliphatic rings. The molecule has 0 bridgehead atoms. The highest BCUT2D eigenvalue weighted by Gasteiger charge is 2.09. The number of anilines is 1. The molecule has 1 aromatic heterocycles. The largest absolute Gasteiger partial charge is 0.497 e. The summed E-state index contributed by atoms with van der Waals surface area (Å²) >= 11 is 0. The van der Waals surface area contributed by atoms with E-state index in [1.807, 2.05) is 32.0 Å². The third-order valence-corrected chi connectivity index (χ3v) is 2.70. The summed E-state index contributed by atoms with van der Waals surface area (Å²) in [7, 11) is 1.58. The Morgan fingerprint density at radius 1 is 1.16 bits per heavy atom. The molecule has 1 N–H and O–H groups in total. The summed E-state index contributed by atoms with van der Waals surface area (Å²) in [5.74, 6) is 1.01. The maximum Gasteiger partial charge on any atom is 0.256 e. The van der Waals surface area contributed by atoms with E-state index in [2.05, 4.69) is 10.3 Å². The van der Waals surface area contributed by atoms with Gasteiger partial charge in [-0.25, -0.2) is 4.98 Å². The van der Waals surface area contributed by atoms with E-state index in [1.54, 1.807) is 25.4 Å². The fourth-order valence-corrected chi connectivity index (χ4v) is 1.73. The van der Waals surface area contributed by atoms with Crippen LogP contribution in [0.3, 0.4) is 0 Å². The first-order chi connectivity index (χ1) is 9.08. The Balaban J connectivity index is 2.20. The quantitative estimate of drug-likeness (QED) is 0.918. The number of carbonyl (C=O) groups is 1. The first-order valence-corrected chi connectivity index (χ1v) is 5.98. The summed E-state index contributed by atoms with van der Waals surface area (Å²) in [6, 6.07) is 9.07. The Morgan fingerprint density at radius 3 is 2.58 bits per heavy atom. The van der Waals surface area contributed by atoms with Gasteiger partial charge in [-0.05, 0) is 49.2 Å². The number of methoxy groups -OCH3 is 1. The number of benzene rings is 1. The monoisotopic (exact) mass is 256 g/mol. The zero-order chi connectivity index (χ0) is 13.8. The molecule has 1 heterocycles. The molecule has 0 atom stereocenters. The van der Waals surface area contributed by atoms with E-state index >= 15 is 0 Å². The van der Waals surface area contributed by atoms with E-state index < -0.39 is 0 Å². The predicted molar refractivity (Wildman–Crippen MR) is 74.7 cm³/mol. The van der Waals surface area contributed by atoms with Gasteiger partial charge >= 0.3 is 0 Å². The number of aryl methyl sites for hydroxylation is 2.